The lowest BCUT2D eigenvalue weighted by Crippen LogP contribution is -2.26. The van der Waals surface area contributed by atoms with Crippen LogP contribution in [0.3, 0.4) is 0 Å². The van der Waals surface area contributed by atoms with Gasteiger partial charge >= 0.3 is 0 Å². The van der Waals surface area contributed by atoms with Crippen molar-refractivity contribution < 1.29 is 9.53 Å². The average molecular weight is 274 g/mol. The van der Waals surface area contributed by atoms with Gasteiger partial charge < -0.3 is 15.4 Å². The van der Waals surface area contributed by atoms with Gasteiger partial charge in [0.05, 0.1) is 7.11 Å². The Hall–Kier alpha value is -1.81. The molecule has 0 saturated carbocycles. The lowest BCUT2D eigenvalue weighted by atomic mass is 10.1. The van der Waals surface area contributed by atoms with Crippen molar-refractivity contribution in [2.45, 2.75) is 19.8 Å². The molecular weight excluding hydrogens is 252 g/mol. The van der Waals surface area contributed by atoms with Crippen LogP contribution in [-0.2, 0) is 0 Å². The van der Waals surface area contributed by atoms with Crippen molar-refractivity contribution in [3.05, 3.63) is 41.0 Å². The number of benzene rings is 1. The first-order valence-electron chi connectivity index (χ1n) is 7.02. The number of aryl methyl sites for hydroxylation is 1. The molecule has 0 atom stereocenters. The average Bonchev–Trinajstić information content (AvgIpc) is 2.48. The molecule has 0 radical (unpaired) electrons. The Labute approximate surface area is 120 Å². The van der Waals surface area contributed by atoms with Crippen molar-refractivity contribution in [2.24, 2.45) is 0 Å². The number of nitrogens with one attached hydrogen (secondary N) is 2. The molecule has 0 bridgehead atoms. The quantitative estimate of drug-likeness (QED) is 0.808. The molecular formula is C16H22N2O2. The largest absolute Gasteiger partial charge is 0.496 e. The fourth-order valence-corrected chi connectivity index (χ4v) is 2.30. The second-order valence-electron chi connectivity index (χ2n) is 5.01. The summed E-state index contributed by atoms with van der Waals surface area (Å²) in [5.74, 6) is 0.705. The molecule has 0 fully saturated rings. The third kappa shape index (κ3) is 3.84. The van der Waals surface area contributed by atoms with E-state index in [-0.39, 0.29) is 5.91 Å². The van der Waals surface area contributed by atoms with E-state index in [2.05, 4.69) is 16.7 Å². The van der Waals surface area contributed by atoms with Crippen molar-refractivity contribution in [3.8, 4) is 5.75 Å². The summed E-state index contributed by atoms with van der Waals surface area (Å²) in [6, 6.07) is 5.52. The monoisotopic (exact) mass is 274 g/mol. The zero-order valence-electron chi connectivity index (χ0n) is 12.2. The summed E-state index contributed by atoms with van der Waals surface area (Å²) < 4.78 is 5.24. The van der Waals surface area contributed by atoms with Crippen LogP contribution in [0.5, 0.6) is 5.75 Å². The van der Waals surface area contributed by atoms with E-state index < -0.39 is 0 Å². The molecule has 0 aromatic heterocycles. The fraction of sp³-hybridized carbons (Fsp3) is 0.438. The molecule has 2 rings (SSSR count). The molecule has 20 heavy (non-hydrogen) atoms. The smallest absolute Gasteiger partial charge is 0.251 e. The maximum absolute atomic E-state index is 12.1. The van der Waals surface area contributed by atoms with Gasteiger partial charge in [-0.25, -0.2) is 0 Å². The molecule has 1 aliphatic heterocycles. The summed E-state index contributed by atoms with van der Waals surface area (Å²) in [6.07, 6.45) is 4.22. The molecule has 4 nitrogen and oxygen atoms in total. The molecule has 4 heteroatoms. The van der Waals surface area contributed by atoms with Crippen LogP contribution < -0.4 is 15.4 Å². The van der Waals surface area contributed by atoms with E-state index in [1.165, 1.54) is 5.57 Å². The third-order valence-electron chi connectivity index (χ3n) is 3.56. The third-order valence-corrected chi connectivity index (χ3v) is 3.56. The number of hydrogen-bond donors (Lipinski definition) is 2. The number of amides is 1. The number of carbonyl (C=O) groups is 1. The number of ether oxygens (including phenoxy) is 1. The Bertz CT molecular complexity index is 509. The van der Waals surface area contributed by atoms with Gasteiger partial charge in [0, 0.05) is 18.7 Å². The Morgan fingerprint density at radius 2 is 2.30 bits per heavy atom. The molecule has 1 aromatic rings. The van der Waals surface area contributed by atoms with Crippen LogP contribution in [-0.4, -0.2) is 32.7 Å². The highest BCUT2D eigenvalue weighted by molar-refractivity contribution is 5.94. The molecule has 0 aliphatic carbocycles. The van der Waals surface area contributed by atoms with Gasteiger partial charge in [0.2, 0.25) is 0 Å². The Balaban J connectivity index is 1.86. The summed E-state index contributed by atoms with van der Waals surface area (Å²) >= 11 is 0. The van der Waals surface area contributed by atoms with Gasteiger partial charge in [-0.2, -0.15) is 0 Å². The number of carbonyl (C=O) groups excluding carboxylic acids is 1. The highest BCUT2D eigenvalue weighted by Gasteiger charge is 2.09. The van der Waals surface area contributed by atoms with Crippen molar-refractivity contribution >= 4 is 5.91 Å². The molecule has 0 spiro atoms. The van der Waals surface area contributed by atoms with Crippen LogP contribution in [0, 0.1) is 6.92 Å². The van der Waals surface area contributed by atoms with Gasteiger partial charge in [-0.3, -0.25) is 4.79 Å². The van der Waals surface area contributed by atoms with Crippen molar-refractivity contribution in [3.63, 3.8) is 0 Å². The molecule has 0 saturated heterocycles. The standard InChI is InChI=1S/C16H22N2O2/c1-12-3-4-14(11-15(12)20-2)16(19)18-10-7-13-5-8-17-9-6-13/h3-5,11,17H,6-10H2,1-2H3,(H,18,19). The molecule has 1 amide bonds. The van der Waals surface area contributed by atoms with Gasteiger partial charge in [-0.05, 0) is 44.0 Å². The van der Waals surface area contributed by atoms with Crippen LogP contribution in [0.1, 0.15) is 28.8 Å². The number of rotatable bonds is 5. The first-order chi connectivity index (χ1) is 9.70. The van der Waals surface area contributed by atoms with E-state index in [1.54, 1.807) is 13.2 Å². The van der Waals surface area contributed by atoms with Crippen LogP contribution in [0.2, 0.25) is 0 Å². The highest BCUT2D eigenvalue weighted by atomic mass is 16.5. The summed E-state index contributed by atoms with van der Waals surface area (Å²) in [6.45, 7) is 4.62. The molecule has 2 N–H and O–H groups in total. The SMILES string of the molecule is COc1cc(C(=O)NCCC2=CCNCC2)ccc1C. The van der Waals surface area contributed by atoms with Crippen molar-refractivity contribution in [1.82, 2.24) is 10.6 Å². The minimum Gasteiger partial charge on any atom is -0.496 e. The van der Waals surface area contributed by atoms with Crippen LogP contribution in [0.15, 0.2) is 29.8 Å². The second-order valence-corrected chi connectivity index (χ2v) is 5.01. The van der Waals surface area contributed by atoms with Gasteiger partial charge in [-0.1, -0.05) is 17.7 Å². The fourth-order valence-electron chi connectivity index (χ4n) is 2.30. The molecule has 1 aliphatic rings. The Morgan fingerprint density at radius 3 is 3.00 bits per heavy atom. The Kier molecular flexibility index (Phi) is 5.18. The summed E-state index contributed by atoms with van der Waals surface area (Å²) in [5.41, 5.74) is 3.10. The van der Waals surface area contributed by atoms with Crippen molar-refractivity contribution in [1.29, 1.82) is 0 Å². The van der Waals surface area contributed by atoms with Gasteiger partial charge in [0.15, 0.2) is 0 Å². The minimum absolute atomic E-state index is 0.0437. The lowest BCUT2D eigenvalue weighted by molar-refractivity contribution is 0.0953. The van der Waals surface area contributed by atoms with E-state index in [0.717, 1.165) is 37.2 Å². The topological polar surface area (TPSA) is 50.4 Å². The summed E-state index contributed by atoms with van der Waals surface area (Å²) in [4.78, 5) is 12.1. The van der Waals surface area contributed by atoms with Crippen molar-refractivity contribution in [2.75, 3.05) is 26.7 Å². The second kappa shape index (κ2) is 7.10. The maximum atomic E-state index is 12.1. The highest BCUT2D eigenvalue weighted by Crippen LogP contribution is 2.18. The molecule has 1 aromatic carbocycles. The van der Waals surface area contributed by atoms with Crippen LogP contribution in [0.4, 0.5) is 0 Å². The predicted octanol–water partition coefficient (Wildman–Crippen LogP) is 2.04. The van der Waals surface area contributed by atoms with E-state index in [4.69, 9.17) is 4.74 Å². The molecule has 108 valence electrons. The summed E-state index contributed by atoms with van der Waals surface area (Å²) in [5, 5.41) is 6.24. The zero-order chi connectivity index (χ0) is 14.4. The predicted molar refractivity (Wildman–Crippen MR) is 80.3 cm³/mol. The van der Waals surface area contributed by atoms with Gasteiger partial charge in [0.1, 0.15) is 5.75 Å². The normalized spacial score (nSPS) is 14.6. The maximum Gasteiger partial charge on any atom is 0.251 e. The molecule has 1 heterocycles. The van der Waals surface area contributed by atoms with Gasteiger partial charge in [-0.15, -0.1) is 0 Å². The Morgan fingerprint density at radius 1 is 1.45 bits per heavy atom. The summed E-state index contributed by atoms with van der Waals surface area (Å²) in [7, 11) is 1.62. The van der Waals surface area contributed by atoms with Gasteiger partial charge in [0.25, 0.3) is 5.91 Å². The number of methoxy groups -OCH3 is 1. The first-order valence-corrected chi connectivity index (χ1v) is 7.02. The van der Waals surface area contributed by atoms with E-state index in [0.29, 0.717) is 12.1 Å². The van der Waals surface area contributed by atoms with Crippen LogP contribution in [0.25, 0.3) is 0 Å². The van der Waals surface area contributed by atoms with Crippen LogP contribution >= 0.6 is 0 Å². The molecule has 0 unspecified atom stereocenters. The van der Waals surface area contributed by atoms with E-state index >= 15 is 0 Å². The minimum atomic E-state index is -0.0437. The first kappa shape index (κ1) is 14.6. The van der Waals surface area contributed by atoms with E-state index in [1.807, 2.05) is 19.1 Å². The zero-order valence-corrected chi connectivity index (χ0v) is 12.2. The number of hydrogen-bond acceptors (Lipinski definition) is 3. The lowest BCUT2D eigenvalue weighted by Gasteiger charge is -2.14. The van der Waals surface area contributed by atoms with E-state index in [9.17, 15) is 4.79 Å².